The molecule has 0 unspecified atom stereocenters. The number of hydrogen-bond acceptors (Lipinski definition) is 15. The van der Waals surface area contributed by atoms with Crippen LogP contribution in [0.2, 0.25) is 0 Å². The summed E-state index contributed by atoms with van der Waals surface area (Å²) in [7, 11) is 8.64. The summed E-state index contributed by atoms with van der Waals surface area (Å²) >= 11 is -1.71. The molecule has 0 spiro atoms. The van der Waals surface area contributed by atoms with Gasteiger partial charge in [-0.25, -0.2) is 0 Å². The molecule has 0 saturated carbocycles. The zero-order valence-corrected chi connectivity index (χ0v) is 39.8. The molecule has 15 nitrogen and oxygen atoms in total. The van der Waals surface area contributed by atoms with E-state index in [-0.39, 0.29) is 67.3 Å². The van der Waals surface area contributed by atoms with Gasteiger partial charge in [0.25, 0.3) is 0 Å². The van der Waals surface area contributed by atoms with Crippen LogP contribution in [-0.4, -0.2) is 135 Å². The van der Waals surface area contributed by atoms with Gasteiger partial charge in [0.05, 0.1) is 0 Å². The van der Waals surface area contributed by atoms with Crippen LogP contribution >= 0.6 is 0 Å². The normalized spacial score (nSPS) is 26.3. The molecule has 4 fully saturated rings. The van der Waals surface area contributed by atoms with Crippen LogP contribution < -0.4 is 0 Å². The average molecular weight is 1090 g/mol. The van der Waals surface area contributed by atoms with Crippen molar-refractivity contribution in [1.82, 2.24) is 19.6 Å². The summed E-state index contributed by atoms with van der Waals surface area (Å²) in [6, 6.07) is 0. The van der Waals surface area contributed by atoms with Crippen LogP contribution in [-0.2, 0) is 125 Å². The summed E-state index contributed by atoms with van der Waals surface area (Å²) < 4.78 is 66.9. The summed E-state index contributed by atoms with van der Waals surface area (Å²) in [5.74, 6) is 5.52. The standard InChI is InChI=1S/3C8H17NO.C8H17N.4CH4.4Cr.2Cu.8O.2H2/c3*1-7-5-9(2)4-3-8(7)6-10;1-7-4-5-9(3)6-8(7)2;;;;;;;;;;;;;;;;;;;;/h3*7-8,10H,3-6H2,1-2H3;7-8H,4-6H2,1-3H3;4*1H4;;;;;;;;;;;;;;;2*1H/t2*7-,8+;7-,8-;7-,8+;;;;;;;;;;;;;;;;;;;;/m1110..................../s1. The van der Waals surface area contributed by atoms with Crippen molar-refractivity contribution in [2.75, 3.05) is 100 Å². The predicted molar refractivity (Wildman–Crippen MR) is 203 cm³/mol. The first-order valence-electron chi connectivity index (χ1n) is 17.2. The van der Waals surface area contributed by atoms with Crippen molar-refractivity contribution >= 4 is 0 Å². The van der Waals surface area contributed by atoms with E-state index < -0.39 is 27.9 Å². The van der Waals surface area contributed by atoms with Crippen molar-refractivity contribution in [1.29, 1.82) is 0 Å². The Morgan fingerprint density at radius 1 is 0.439 bits per heavy atom. The van der Waals surface area contributed by atoms with Crippen LogP contribution in [0.4, 0.5) is 0 Å². The Hall–Kier alpha value is 1.29. The third kappa shape index (κ3) is 49.8. The molecule has 0 bridgehead atoms. The van der Waals surface area contributed by atoms with Gasteiger partial charge < -0.3 is 34.9 Å². The van der Waals surface area contributed by atoms with Crippen LogP contribution in [0.1, 0.15) is 92.9 Å². The van der Waals surface area contributed by atoms with Gasteiger partial charge in [0.2, 0.25) is 0 Å². The topological polar surface area (TPSA) is 210 Å². The number of aliphatic hydroxyl groups is 3. The molecule has 57 heavy (non-hydrogen) atoms. The van der Waals surface area contributed by atoms with Crippen molar-refractivity contribution in [3.8, 4) is 0 Å². The first kappa shape index (κ1) is 82.0. The molecule has 4 heterocycles. The zero-order chi connectivity index (χ0) is 40.7. The SMILES string of the molecule is C.C.C.C.C[C@@H]1CN(C)CC[C@@H]1C.C[C@@H]1CN(C)CC[C@@H]1CO.C[C@@H]1CN(C)CC[C@H]1CO.C[C@@H]1CN(C)CC[C@H]1CO.[Cr].[Cr].[HH].[HH].[O]=[Cr](=[O])=[O].[O]=[Cr](=[O])=[O].[O]=[Cu].[O]=[Cu]. The molecule has 0 aromatic rings. The molecule has 0 aromatic heterocycles. The van der Waals surface area contributed by atoms with E-state index in [1.54, 1.807) is 0 Å². The molecule has 364 valence electrons. The molecule has 0 radical (unpaired) electrons. The predicted octanol–water partition coefficient (Wildman–Crippen LogP) is 5.36. The number of rotatable bonds is 3. The number of aliphatic hydroxyl groups excluding tert-OH is 3. The Morgan fingerprint density at radius 2 is 0.614 bits per heavy atom. The first-order valence-corrected chi connectivity index (χ1v) is 21.1. The summed E-state index contributed by atoms with van der Waals surface area (Å²) in [5.41, 5.74) is 0. The summed E-state index contributed by atoms with van der Waals surface area (Å²) in [4.78, 5) is 9.41. The van der Waals surface area contributed by atoms with Crippen molar-refractivity contribution < 1.29 is 143 Å². The number of piperidine rings is 4. The second-order valence-electron chi connectivity index (χ2n) is 14.3. The van der Waals surface area contributed by atoms with E-state index in [1.807, 2.05) is 0 Å². The van der Waals surface area contributed by atoms with E-state index in [2.05, 4.69) is 114 Å². The Morgan fingerprint density at radius 3 is 0.754 bits per heavy atom. The van der Waals surface area contributed by atoms with Gasteiger partial charge in [-0.3, -0.25) is 0 Å². The van der Waals surface area contributed by atoms with Crippen LogP contribution in [0.15, 0.2) is 0 Å². The molecule has 21 heteroatoms. The van der Waals surface area contributed by atoms with Gasteiger partial charge in [-0.1, -0.05) is 64.3 Å². The molecular weight excluding hydrogens is 999 g/mol. The fourth-order valence-corrected chi connectivity index (χ4v) is 6.49. The maximum absolute atomic E-state index is 8.93. The van der Waals surface area contributed by atoms with Crippen molar-refractivity contribution in [3.05, 3.63) is 0 Å². The number of hydrogen-bond donors (Lipinski definition) is 3. The first-order chi connectivity index (χ1) is 23.9. The summed E-state index contributed by atoms with van der Waals surface area (Å²) in [5, 5.41) is 26.8. The quantitative estimate of drug-likeness (QED) is 0.304. The van der Waals surface area contributed by atoms with Gasteiger partial charge in [0.1, 0.15) is 0 Å². The van der Waals surface area contributed by atoms with Gasteiger partial charge in [-0.15, -0.1) is 0 Å². The van der Waals surface area contributed by atoms with E-state index in [0.717, 1.165) is 70.4 Å². The molecule has 4 rings (SSSR count). The third-order valence-corrected chi connectivity index (χ3v) is 10.1. The minimum absolute atomic E-state index is 0. The molecule has 0 amide bonds. The van der Waals surface area contributed by atoms with Crippen molar-refractivity contribution in [3.63, 3.8) is 0 Å². The summed E-state index contributed by atoms with van der Waals surface area (Å²) in [6.45, 7) is 21.9. The van der Waals surface area contributed by atoms with Crippen LogP contribution in [0.5, 0.6) is 0 Å². The summed E-state index contributed by atoms with van der Waals surface area (Å²) in [6.07, 6.45) is 4.87. The maximum atomic E-state index is 8.93. The average Bonchev–Trinajstić information content (AvgIpc) is 3.05. The van der Waals surface area contributed by atoms with Gasteiger partial charge >= 0.3 is 90.3 Å². The van der Waals surface area contributed by atoms with Gasteiger partial charge in [0.15, 0.2) is 0 Å². The van der Waals surface area contributed by atoms with Crippen LogP contribution in [0.25, 0.3) is 0 Å². The van der Waals surface area contributed by atoms with E-state index in [4.69, 9.17) is 45.8 Å². The van der Waals surface area contributed by atoms with Gasteiger partial charge in [0, 0.05) is 83.6 Å². The Balaban J connectivity index is -0.0000000440. The number of likely N-dealkylation sites (tertiary alicyclic amines) is 4. The van der Waals surface area contributed by atoms with Gasteiger partial charge in [-0.2, -0.15) is 0 Å². The molecule has 4 aliphatic heterocycles. The fourth-order valence-electron chi connectivity index (χ4n) is 6.49. The zero-order valence-electron chi connectivity index (χ0n) is 32.9. The Kier molecular flexibility index (Phi) is 76.9. The minimum atomic E-state index is -3.79. The molecule has 8 atom stereocenters. The second-order valence-corrected chi connectivity index (χ2v) is 15.6. The van der Waals surface area contributed by atoms with Crippen molar-refractivity contribution in [2.45, 2.75) is 90.0 Å². The van der Waals surface area contributed by atoms with Crippen molar-refractivity contribution in [2.24, 2.45) is 47.3 Å². The molecule has 4 saturated heterocycles. The molecule has 3 N–H and O–H groups in total. The van der Waals surface area contributed by atoms with Gasteiger partial charge in [-0.05, 0) is 127 Å². The number of nitrogens with zero attached hydrogens (tertiary/aromatic N) is 4. The second kappa shape index (κ2) is 53.4. The van der Waals surface area contributed by atoms with E-state index in [9.17, 15) is 0 Å². The molecule has 0 aromatic carbocycles. The third-order valence-electron chi connectivity index (χ3n) is 10.1. The molecular formula is C36H88Cr4Cu2N4O11. The Bertz CT molecular complexity index is 972. The van der Waals surface area contributed by atoms with Crippen LogP contribution in [0.3, 0.4) is 0 Å². The van der Waals surface area contributed by atoms with Crippen LogP contribution in [0, 0.1) is 47.3 Å². The monoisotopic (exact) mass is 1090 g/mol. The Labute approximate surface area is 397 Å². The van der Waals surface area contributed by atoms with E-state index in [0.29, 0.717) is 55.3 Å². The van der Waals surface area contributed by atoms with E-state index in [1.165, 1.54) is 19.5 Å². The molecule has 4 aliphatic rings. The molecule has 0 aliphatic carbocycles. The fraction of sp³-hybridized carbons (Fsp3) is 1.00. The van der Waals surface area contributed by atoms with E-state index >= 15 is 0 Å².